The first-order valence-electron chi connectivity index (χ1n) is 11.9. The fourth-order valence-corrected chi connectivity index (χ4v) is 6.31. The Morgan fingerprint density at radius 3 is 2.55 bits per heavy atom. The first-order chi connectivity index (χ1) is 16.0. The molecule has 0 amide bonds. The molecule has 2 aliphatic rings. The number of thiocarbonyl (C=S) groups is 1. The molecule has 1 N–H and O–H groups in total. The second-order valence-electron chi connectivity index (χ2n) is 9.37. The van der Waals surface area contributed by atoms with Crippen molar-refractivity contribution in [2.75, 3.05) is 0 Å². The molecule has 0 spiro atoms. The molecule has 3 aromatic rings. The summed E-state index contributed by atoms with van der Waals surface area (Å²) in [5.74, 6) is 0. The van der Waals surface area contributed by atoms with Crippen LogP contribution in [0.5, 0.6) is 0 Å². The fraction of sp³-hybridized carbons (Fsp3) is 0.407. The van der Waals surface area contributed by atoms with E-state index in [1.165, 1.54) is 49.1 Å². The van der Waals surface area contributed by atoms with Gasteiger partial charge in [0, 0.05) is 34.3 Å². The molecule has 1 saturated heterocycles. The van der Waals surface area contributed by atoms with E-state index in [0.717, 1.165) is 27.1 Å². The highest BCUT2D eigenvalue weighted by Gasteiger charge is 2.44. The average molecular weight is 479 g/mol. The van der Waals surface area contributed by atoms with Crippen molar-refractivity contribution in [1.29, 1.82) is 0 Å². The summed E-state index contributed by atoms with van der Waals surface area (Å²) in [7, 11) is 0. The monoisotopic (exact) mass is 478 g/mol. The minimum Gasteiger partial charge on any atom is -0.352 e. The van der Waals surface area contributed by atoms with Gasteiger partial charge in [-0.2, -0.15) is 0 Å². The van der Waals surface area contributed by atoms with Crippen LogP contribution in [0, 0.1) is 20.8 Å². The normalized spacial score (nSPS) is 21.5. The number of benzene rings is 1. The second-order valence-corrected chi connectivity index (χ2v) is 10.2. The van der Waals surface area contributed by atoms with Crippen LogP contribution in [0.1, 0.15) is 72.4 Å². The van der Waals surface area contributed by atoms with E-state index in [1.807, 2.05) is 24.4 Å². The summed E-state index contributed by atoms with van der Waals surface area (Å²) in [6.45, 7) is 6.49. The van der Waals surface area contributed by atoms with E-state index in [0.29, 0.717) is 6.04 Å². The van der Waals surface area contributed by atoms with Gasteiger partial charge in [-0.25, -0.2) is 0 Å². The van der Waals surface area contributed by atoms with E-state index in [9.17, 15) is 0 Å². The van der Waals surface area contributed by atoms with Crippen LogP contribution < -0.4 is 5.32 Å². The molecule has 5 rings (SSSR count). The average Bonchev–Trinajstić information content (AvgIpc) is 3.32. The topological polar surface area (TPSA) is 33.1 Å². The Labute approximate surface area is 207 Å². The molecule has 1 aliphatic heterocycles. The third-order valence-corrected chi connectivity index (χ3v) is 8.11. The zero-order chi connectivity index (χ0) is 23.1. The van der Waals surface area contributed by atoms with Gasteiger partial charge in [0.25, 0.3) is 0 Å². The van der Waals surface area contributed by atoms with Crippen molar-refractivity contribution in [2.45, 2.75) is 71.0 Å². The smallest absolute Gasteiger partial charge is 0.170 e. The molecular weight excluding hydrogens is 448 g/mol. The maximum Gasteiger partial charge on any atom is 0.170 e. The highest BCUT2D eigenvalue weighted by molar-refractivity contribution is 7.80. The molecule has 1 saturated carbocycles. The molecule has 2 atom stereocenters. The number of rotatable bonds is 4. The SMILES string of the molecule is Cc1c(Cl)cccc1-n1c(C)cc([C@@H]2[C@@H](c3ccccn3)NC(=S)N2C2CCCCC2)c1C. The van der Waals surface area contributed by atoms with Crippen molar-refractivity contribution in [3.05, 3.63) is 81.9 Å². The second kappa shape index (κ2) is 9.11. The lowest BCUT2D eigenvalue weighted by Gasteiger charge is -2.37. The van der Waals surface area contributed by atoms with Crippen molar-refractivity contribution in [2.24, 2.45) is 0 Å². The Kier molecular flexibility index (Phi) is 6.19. The maximum atomic E-state index is 6.49. The standard InChI is InChI=1S/C27H31ClN4S/c1-17-16-21(19(3)31(17)24-14-9-12-22(28)18(24)2)26-25(23-13-7-8-15-29-23)30-27(33)32(26)20-10-5-4-6-11-20/h7-9,12-16,20,25-26H,4-6,10-11H2,1-3H3,(H,30,33)/t25-,26-/m1/s1. The van der Waals surface area contributed by atoms with Gasteiger partial charge in [-0.1, -0.05) is 43.0 Å². The van der Waals surface area contributed by atoms with Gasteiger partial charge >= 0.3 is 0 Å². The molecule has 4 nitrogen and oxygen atoms in total. The van der Waals surface area contributed by atoms with Gasteiger partial charge in [-0.05, 0) is 87.3 Å². The predicted octanol–water partition coefficient (Wildman–Crippen LogP) is 6.76. The van der Waals surface area contributed by atoms with Gasteiger partial charge in [0.1, 0.15) is 0 Å². The van der Waals surface area contributed by atoms with Gasteiger partial charge in [0.2, 0.25) is 0 Å². The van der Waals surface area contributed by atoms with Crippen molar-refractivity contribution >= 4 is 28.9 Å². The molecule has 1 aromatic carbocycles. The predicted molar refractivity (Wildman–Crippen MR) is 139 cm³/mol. The zero-order valence-corrected chi connectivity index (χ0v) is 21.1. The molecule has 2 aromatic heterocycles. The number of pyridine rings is 1. The molecule has 1 aliphatic carbocycles. The van der Waals surface area contributed by atoms with Gasteiger partial charge < -0.3 is 14.8 Å². The summed E-state index contributed by atoms with van der Waals surface area (Å²) < 4.78 is 2.34. The van der Waals surface area contributed by atoms with Gasteiger partial charge in [0.05, 0.1) is 17.8 Å². The highest BCUT2D eigenvalue weighted by atomic mass is 35.5. The summed E-state index contributed by atoms with van der Waals surface area (Å²) >= 11 is 12.4. The Bertz CT molecular complexity index is 1170. The number of nitrogens with one attached hydrogen (secondary N) is 1. The lowest BCUT2D eigenvalue weighted by molar-refractivity contribution is 0.197. The van der Waals surface area contributed by atoms with E-state index in [2.05, 4.69) is 59.8 Å². The Hall–Kier alpha value is -2.37. The van der Waals surface area contributed by atoms with E-state index < -0.39 is 0 Å². The largest absolute Gasteiger partial charge is 0.352 e. The van der Waals surface area contributed by atoms with Crippen LogP contribution in [0.25, 0.3) is 5.69 Å². The van der Waals surface area contributed by atoms with Crippen LogP contribution in [0.4, 0.5) is 0 Å². The number of hydrogen-bond acceptors (Lipinski definition) is 2. The third-order valence-electron chi connectivity index (χ3n) is 7.37. The highest BCUT2D eigenvalue weighted by Crippen LogP contribution is 2.44. The lowest BCUT2D eigenvalue weighted by Crippen LogP contribution is -2.40. The summed E-state index contributed by atoms with van der Waals surface area (Å²) in [4.78, 5) is 7.21. The number of hydrogen-bond donors (Lipinski definition) is 1. The lowest BCUT2D eigenvalue weighted by atomic mass is 9.90. The van der Waals surface area contributed by atoms with Gasteiger partial charge in [-0.3, -0.25) is 4.98 Å². The summed E-state index contributed by atoms with van der Waals surface area (Å²) in [6.07, 6.45) is 8.12. The van der Waals surface area contributed by atoms with Crippen molar-refractivity contribution < 1.29 is 0 Å². The van der Waals surface area contributed by atoms with Gasteiger partial charge in [-0.15, -0.1) is 0 Å². The molecule has 0 unspecified atom stereocenters. The van der Waals surface area contributed by atoms with Crippen molar-refractivity contribution in [1.82, 2.24) is 19.8 Å². The van der Waals surface area contributed by atoms with Crippen LogP contribution in [-0.4, -0.2) is 25.6 Å². The molecule has 6 heteroatoms. The quantitative estimate of drug-likeness (QED) is 0.420. The Balaban J connectivity index is 1.65. The van der Waals surface area contributed by atoms with E-state index >= 15 is 0 Å². The fourth-order valence-electron chi connectivity index (χ4n) is 5.75. The third kappa shape index (κ3) is 3.95. The number of aromatic nitrogens is 2. The van der Waals surface area contributed by atoms with Crippen molar-refractivity contribution in [3.63, 3.8) is 0 Å². The van der Waals surface area contributed by atoms with Crippen molar-refractivity contribution in [3.8, 4) is 5.69 Å². The van der Waals surface area contributed by atoms with Crippen LogP contribution in [0.2, 0.25) is 5.02 Å². The molecule has 33 heavy (non-hydrogen) atoms. The van der Waals surface area contributed by atoms with E-state index in [1.54, 1.807) is 0 Å². The van der Waals surface area contributed by atoms with Crippen LogP contribution in [0.15, 0.2) is 48.7 Å². The van der Waals surface area contributed by atoms with Crippen LogP contribution >= 0.6 is 23.8 Å². The summed E-state index contributed by atoms with van der Waals surface area (Å²) in [5.41, 5.74) is 7.01. The Morgan fingerprint density at radius 2 is 1.82 bits per heavy atom. The molecule has 172 valence electrons. The summed E-state index contributed by atoms with van der Waals surface area (Å²) in [5, 5.41) is 5.29. The maximum absolute atomic E-state index is 6.49. The molecule has 3 heterocycles. The van der Waals surface area contributed by atoms with E-state index in [4.69, 9.17) is 28.8 Å². The minimum atomic E-state index is 0.0232. The first kappa shape index (κ1) is 22.4. The van der Waals surface area contributed by atoms with Crippen LogP contribution in [-0.2, 0) is 0 Å². The first-order valence-corrected chi connectivity index (χ1v) is 12.7. The molecule has 2 fully saturated rings. The Morgan fingerprint density at radius 1 is 1.03 bits per heavy atom. The van der Waals surface area contributed by atoms with Gasteiger partial charge in [0.15, 0.2) is 5.11 Å². The number of halogens is 1. The van der Waals surface area contributed by atoms with E-state index in [-0.39, 0.29) is 12.1 Å². The number of aryl methyl sites for hydroxylation is 1. The molecule has 0 radical (unpaired) electrons. The molecule has 0 bridgehead atoms. The minimum absolute atomic E-state index is 0.0232. The van der Waals surface area contributed by atoms with Crippen LogP contribution in [0.3, 0.4) is 0 Å². The summed E-state index contributed by atoms with van der Waals surface area (Å²) in [6, 6.07) is 15.2. The molecular formula is C27H31ClN4S. The zero-order valence-electron chi connectivity index (χ0n) is 19.5. The number of nitrogens with zero attached hydrogens (tertiary/aromatic N) is 3.